The van der Waals surface area contributed by atoms with Crippen molar-refractivity contribution < 1.29 is 18.7 Å². The molecule has 4 nitrogen and oxygen atoms in total. The summed E-state index contributed by atoms with van der Waals surface area (Å²) in [4.78, 5) is 14.4. The van der Waals surface area contributed by atoms with Gasteiger partial charge in [-0.2, -0.15) is 0 Å². The molecule has 1 saturated carbocycles. The molecule has 1 aromatic rings. The van der Waals surface area contributed by atoms with Crippen LogP contribution >= 0.6 is 0 Å². The molecule has 0 radical (unpaired) electrons. The third-order valence-electron chi connectivity index (χ3n) is 3.89. The van der Waals surface area contributed by atoms with Gasteiger partial charge in [-0.05, 0) is 37.0 Å². The summed E-state index contributed by atoms with van der Waals surface area (Å²) in [5.74, 6) is -0.227. The van der Waals surface area contributed by atoms with Gasteiger partial charge in [-0.15, -0.1) is 0 Å². The van der Waals surface area contributed by atoms with Gasteiger partial charge in [-0.3, -0.25) is 4.79 Å². The van der Waals surface area contributed by atoms with E-state index in [-0.39, 0.29) is 11.7 Å². The smallest absolute Gasteiger partial charge is 0.254 e. The molecular formula is C16H20FNO3. The van der Waals surface area contributed by atoms with E-state index in [1.54, 1.807) is 6.07 Å². The minimum absolute atomic E-state index is 0.00797. The zero-order valence-corrected chi connectivity index (χ0v) is 12.0. The van der Waals surface area contributed by atoms with E-state index in [9.17, 15) is 9.18 Å². The number of hydrogen-bond donors (Lipinski definition) is 0. The molecule has 0 aromatic heterocycles. The summed E-state index contributed by atoms with van der Waals surface area (Å²) < 4.78 is 24.0. The largest absolute Gasteiger partial charge is 0.376 e. The predicted octanol–water partition coefficient (Wildman–Crippen LogP) is 1.77. The quantitative estimate of drug-likeness (QED) is 0.830. The Labute approximate surface area is 123 Å². The first-order valence-electron chi connectivity index (χ1n) is 7.48. The minimum atomic E-state index is -0.480. The Bertz CT molecular complexity index is 498. The first-order chi connectivity index (χ1) is 10.2. The summed E-state index contributed by atoms with van der Waals surface area (Å²) in [7, 11) is 0. The van der Waals surface area contributed by atoms with Crippen LogP contribution in [0.4, 0.5) is 4.39 Å². The van der Waals surface area contributed by atoms with E-state index in [0.717, 1.165) is 18.4 Å². The Kier molecular flexibility index (Phi) is 4.51. The van der Waals surface area contributed by atoms with E-state index < -0.39 is 6.10 Å². The Morgan fingerprint density at radius 1 is 1.33 bits per heavy atom. The molecule has 1 aromatic carbocycles. The molecule has 1 heterocycles. The number of ether oxygens (including phenoxy) is 2. The summed E-state index contributed by atoms with van der Waals surface area (Å²) in [6.45, 7) is 1.96. The van der Waals surface area contributed by atoms with Crippen molar-refractivity contribution in [3.8, 4) is 0 Å². The van der Waals surface area contributed by atoms with Crippen LogP contribution in [0.25, 0.3) is 0 Å². The normalized spacial score (nSPS) is 22.0. The lowest BCUT2D eigenvalue weighted by Gasteiger charge is -2.29. The number of carbonyl (C=O) groups excluding carboxylic acids is 1. The van der Waals surface area contributed by atoms with Crippen LogP contribution in [-0.2, 0) is 20.7 Å². The van der Waals surface area contributed by atoms with Gasteiger partial charge in [-0.1, -0.05) is 12.1 Å². The molecule has 0 bridgehead atoms. The molecule has 114 valence electrons. The van der Waals surface area contributed by atoms with E-state index in [2.05, 4.69) is 0 Å². The van der Waals surface area contributed by atoms with E-state index in [1.165, 1.54) is 12.1 Å². The van der Waals surface area contributed by atoms with Crippen LogP contribution in [-0.4, -0.2) is 49.3 Å². The number of carbonyl (C=O) groups is 1. The van der Waals surface area contributed by atoms with Crippen molar-refractivity contribution >= 4 is 5.91 Å². The van der Waals surface area contributed by atoms with Gasteiger partial charge in [0, 0.05) is 12.6 Å². The minimum Gasteiger partial charge on any atom is -0.376 e. The van der Waals surface area contributed by atoms with E-state index >= 15 is 0 Å². The number of hydrogen-bond acceptors (Lipinski definition) is 3. The second kappa shape index (κ2) is 6.54. The average molecular weight is 293 g/mol. The van der Waals surface area contributed by atoms with Gasteiger partial charge in [0.1, 0.15) is 5.82 Å². The Balaban J connectivity index is 1.60. The van der Waals surface area contributed by atoms with Gasteiger partial charge in [0.05, 0.1) is 19.8 Å². The average Bonchev–Trinajstić information content (AvgIpc) is 3.33. The van der Waals surface area contributed by atoms with Gasteiger partial charge >= 0.3 is 0 Å². The van der Waals surface area contributed by atoms with E-state index in [0.29, 0.717) is 38.8 Å². The molecule has 0 N–H and O–H groups in total. The van der Waals surface area contributed by atoms with Crippen molar-refractivity contribution in [2.24, 2.45) is 0 Å². The first kappa shape index (κ1) is 14.5. The number of rotatable bonds is 5. The highest BCUT2D eigenvalue weighted by Gasteiger charge is 2.36. The molecule has 1 aliphatic carbocycles. The van der Waals surface area contributed by atoms with Crippen LogP contribution in [0.2, 0.25) is 0 Å². The maximum Gasteiger partial charge on any atom is 0.254 e. The highest BCUT2D eigenvalue weighted by molar-refractivity contribution is 5.81. The third kappa shape index (κ3) is 3.80. The fraction of sp³-hybridized carbons (Fsp3) is 0.562. The molecule has 1 aliphatic heterocycles. The summed E-state index contributed by atoms with van der Waals surface area (Å²) in [5.41, 5.74) is 0.911. The molecule has 2 fully saturated rings. The van der Waals surface area contributed by atoms with Crippen LogP contribution in [0.5, 0.6) is 0 Å². The molecule has 3 rings (SSSR count). The van der Waals surface area contributed by atoms with Crippen LogP contribution in [0.15, 0.2) is 24.3 Å². The molecule has 2 aliphatic rings. The lowest BCUT2D eigenvalue weighted by molar-refractivity contribution is -0.158. The van der Waals surface area contributed by atoms with Crippen LogP contribution in [0.1, 0.15) is 18.4 Å². The van der Waals surface area contributed by atoms with Crippen molar-refractivity contribution in [3.05, 3.63) is 35.6 Å². The lowest BCUT2D eigenvalue weighted by Crippen LogP contribution is -2.47. The second-order valence-corrected chi connectivity index (χ2v) is 5.58. The van der Waals surface area contributed by atoms with Gasteiger partial charge in [0.25, 0.3) is 5.91 Å². The lowest BCUT2D eigenvalue weighted by atomic mass is 10.1. The molecule has 1 saturated heterocycles. The van der Waals surface area contributed by atoms with Crippen LogP contribution < -0.4 is 0 Å². The fourth-order valence-electron chi connectivity index (χ4n) is 2.62. The number of amides is 1. The maximum absolute atomic E-state index is 13.2. The molecular weight excluding hydrogens is 273 g/mol. The summed E-state index contributed by atoms with van der Waals surface area (Å²) >= 11 is 0. The zero-order valence-electron chi connectivity index (χ0n) is 12.0. The monoisotopic (exact) mass is 293 g/mol. The summed E-state index contributed by atoms with van der Waals surface area (Å²) in [6, 6.07) is 6.86. The van der Waals surface area contributed by atoms with Gasteiger partial charge < -0.3 is 14.4 Å². The second-order valence-electron chi connectivity index (χ2n) is 5.58. The van der Waals surface area contributed by atoms with Crippen molar-refractivity contribution in [3.63, 3.8) is 0 Å². The highest BCUT2D eigenvalue weighted by Crippen LogP contribution is 2.28. The van der Waals surface area contributed by atoms with Crippen LogP contribution in [0, 0.1) is 5.82 Å². The fourth-order valence-corrected chi connectivity index (χ4v) is 2.62. The first-order valence-corrected chi connectivity index (χ1v) is 7.48. The SMILES string of the molecule is O=C(C1COCCO1)N(CCc1cccc(F)c1)C1CC1. The van der Waals surface area contributed by atoms with E-state index in [1.807, 2.05) is 11.0 Å². The predicted molar refractivity (Wildman–Crippen MR) is 75.4 cm³/mol. The topological polar surface area (TPSA) is 38.8 Å². The molecule has 1 unspecified atom stereocenters. The third-order valence-corrected chi connectivity index (χ3v) is 3.89. The molecule has 0 spiro atoms. The molecule has 1 amide bonds. The molecule has 1 atom stereocenters. The van der Waals surface area contributed by atoms with Gasteiger partial charge in [0.2, 0.25) is 0 Å². The van der Waals surface area contributed by atoms with E-state index in [4.69, 9.17) is 9.47 Å². The summed E-state index contributed by atoms with van der Waals surface area (Å²) in [6.07, 6.45) is 2.27. The Morgan fingerprint density at radius 2 is 2.19 bits per heavy atom. The van der Waals surface area contributed by atoms with Crippen molar-refractivity contribution in [1.82, 2.24) is 4.90 Å². The number of nitrogens with zero attached hydrogens (tertiary/aromatic N) is 1. The van der Waals surface area contributed by atoms with Gasteiger partial charge in [-0.25, -0.2) is 4.39 Å². The van der Waals surface area contributed by atoms with Crippen LogP contribution in [0.3, 0.4) is 0 Å². The Hall–Kier alpha value is -1.46. The maximum atomic E-state index is 13.2. The van der Waals surface area contributed by atoms with Crippen molar-refractivity contribution in [2.75, 3.05) is 26.4 Å². The van der Waals surface area contributed by atoms with Gasteiger partial charge in [0.15, 0.2) is 6.10 Å². The van der Waals surface area contributed by atoms with Crippen molar-refractivity contribution in [2.45, 2.75) is 31.4 Å². The Morgan fingerprint density at radius 3 is 2.86 bits per heavy atom. The zero-order chi connectivity index (χ0) is 14.7. The molecule has 21 heavy (non-hydrogen) atoms. The molecule has 5 heteroatoms. The number of halogens is 1. The summed E-state index contributed by atoms with van der Waals surface area (Å²) in [5, 5.41) is 0. The van der Waals surface area contributed by atoms with Crippen molar-refractivity contribution in [1.29, 1.82) is 0 Å². The standard InChI is InChI=1S/C16H20FNO3/c17-13-3-1-2-12(10-13)6-7-18(14-4-5-14)16(19)15-11-20-8-9-21-15/h1-3,10,14-15H,4-9,11H2. The highest BCUT2D eigenvalue weighted by atomic mass is 19.1. The number of benzene rings is 1.